The van der Waals surface area contributed by atoms with Gasteiger partial charge in [-0.05, 0) is 56.7 Å². The lowest BCUT2D eigenvalue weighted by molar-refractivity contribution is -0.117. The Labute approximate surface area is 166 Å². The topological polar surface area (TPSA) is 59.8 Å². The first-order valence-electron chi connectivity index (χ1n) is 10.2. The summed E-state index contributed by atoms with van der Waals surface area (Å²) in [5.74, 6) is 2.01. The minimum absolute atomic E-state index is 0.0711. The normalized spacial score (nSPS) is 15.1. The number of hydrogen-bond acceptors (Lipinski definition) is 3. The van der Waals surface area contributed by atoms with Gasteiger partial charge in [0.05, 0.1) is 11.2 Å². The lowest BCUT2D eigenvalue weighted by Crippen LogP contribution is -2.20. The number of rotatable bonds is 4. The molecule has 0 unspecified atom stereocenters. The lowest BCUT2D eigenvalue weighted by Gasteiger charge is -2.20. The van der Waals surface area contributed by atoms with Crippen LogP contribution < -0.4 is 5.32 Å². The van der Waals surface area contributed by atoms with Gasteiger partial charge in [0.2, 0.25) is 5.91 Å². The van der Waals surface area contributed by atoms with E-state index in [1.165, 1.54) is 19.3 Å². The quantitative estimate of drug-likeness (QED) is 0.676. The fourth-order valence-corrected chi connectivity index (χ4v) is 4.26. The second-order valence-electron chi connectivity index (χ2n) is 8.11. The number of benzene rings is 1. The van der Waals surface area contributed by atoms with Gasteiger partial charge in [-0.2, -0.15) is 9.78 Å². The van der Waals surface area contributed by atoms with Crippen molar-refractivity contribution < 1.29 is 4.79 Å². The maximum atomic E-state index is 12.6. The zero-order valence-corrected chi connectivity index (χ0v) is 17.0. The third kappa shape index (κ3) is 3.79. The highest BCUT2D eigenvalue weighted by molar-refractivity contribution is 5.90. The van der Waals surface area contributed by atoms with Gasteiger partial charge in [0.1, 0.15) is 5.82 Å². The fourth-order valence-electron chi connectivity index (χ4n) is 4.26. The van der Waals surface area contributed by atoms with E-state index in [1.54, 1.807) is 4.68 Å². The second-order valence-corrected chi connectivity index (χ2v) is 8.11. The van der Waals surface area contributed by atoms with E-state index in [0.717, 1.165) is 46.4 Å². The molecule has 1 N–H and O–H groups in total. The van der Waals surface area contributed by atoms with Crippen LogP contribution in [0, 0.1) is 26.7 Å². The fraction of sp³-hybridized carbons (Fsp3) is 0.435. The Kier molecular flexibility index (Phi) is 5.16. The smallest absolute Gasteiger partial charge is 0.225 e. The number of aromatic nitrogens is 3. The van der Waals surface area contributed by atoms with Gasteiger partial charge in [-0.1, -0.05) is 37.5 Å². The van der Waals surface area contributed by atoms with Crippen LogP contribution in [-0.2, 0) is 4.79 Å². The number of anilines is 1. The van der Waals surface area contributed by atoms with Crippen LogP contribution in [0.25, 0.3) is 16.7 Å². The maximum Gasteiger partial charge on any atom is 0.225 e. The zero-order chi connectivity index (χ0) is 19.7. The SMILES string of the molecule is Cc1cc(NC(=O)CC2CCCCC2)n(-c2cc(C)c3cccc(C)c3n2)n1. The zero-order valence-electron chi connectivity index (χ0n) is 17.0. The summed E-state index contributed by atoms with van der Waals surface area (Å²) in [6.07, 6.45) is 6.71. The van der Waals surface area contributed by atoms with Crippen molar-refractivity contribution in [3.8, 4) is 5.82 Å². The van der Waals surface area contributed by atoms with E-state index >= 15 is 0 Å². The summed E-state index contributed by atoms with van der Waals surface area (Å²) in [5, 5.41) is 8.83. The Morgan fingerprint density at radius 3 is 2.68 bits per heavy atom. The van der Waals surface area contributed by atoms with Crippen molar-refractivity contribution >= 4 is 22.6 Å². The first-order chi connectivity index (χ1) is 13.5. The van der Waals surface area contributed by atoms with Gasteiger partial charge < -0.3 is 5.32 Å². The standard InChI is InChI=1S/C23H28N4O/c1-15-8-7-11-19-16(2)12-20(25-23(15)19)27-21(13-17(3)26-27)24-22(28)14-18-9-5-4-6-10-18/h7-8,11-13,18H,4-6,9-10,14H2,1-3H3,(H,24,28). The number of hydrogen-bond donors (Lipinski definition) is 1. The predicted octanol–water partition coefficient (Wildman–Crippen LogP) is 5.25. The van der Waals surface area contributed by atoms with Crippen molar-refractivity contribution in [2.75, 3.05) is 5.32 Å². The minimum atomic E-state index is 0.0711. The van der Waals surface area contributed by atoms with Crippen LogP contribution in [0.1, 0.15) is 55.3 Å². The van der Waals surface area contributed by atoms with Gasteiger partial charge in [0.25, 0.3) is 0 Å². The van der Waals surface area contributed by atoms with Crippen molar-refractivity contribution in [2.45, 2.75) is 59.3 Å². The van der Waals surface area contributed by atoms with Crippen LogP contribution in [0.15, 0.2) is 30.3 Å². The highest BCUT2D eigenvalue weighted by atomic mass is 16.1. The number of nitrogens with zero attached hydrogens (tertiary/aromatic N) is 3. The molecule has 5 heteroatoms. The van der Waals surface area contributed by atoms with Crippen molar-refractivity contribution in [1.29, 1.82) is 0 Å². The van der Waals surface area contributed by atoms with E-state index in [9.17, 15) is 4.79 Å². The molecule has 3 aromatic rings. The predicted molar refractivity (Wildman–Crippen MR) is 113 cm³/mol. The summed E-state index contributed by atoms with van der Waals surface area (Å²) < 4.78 is 1.76. The van der Waals surface area contributed by atoms with Crippen molar-refractivity contribution in [1.82, 2.24) is 14.8 Å². The molecule has 1 aromatic carbocycles. The van der Waals surface area contributed by atoms with Crippen molar-refractivity contribution in [2.24, 2.45) is 5.92 Å². The van der Waals surface area contributed by atoms with E-state index in [0.29, 0.717) is 18.2 Å². The molecule has 0 radical (unpaired) electrons. The second kappa shape index (κ2) is 7.74. The number of fused-ring (bicyclic) bond motifs is 1. The molecule has 1 aliphatic carbocycles. The monoisotopic (exact) mass is 376 g/mol. The van der Waals surface area contributed by atoms with Gasteiger partial charge in [0.15, 0.2) is 5.82 Å². The van der Waals surface area contributed by atoms with Crippen LogP contribution in [0.5, 0.6) is 0 Å². The summed E-state index contributed by atoms with van der Waals surface area (Å²) in [5.41, 5.74) is 4.12. The van der Waals surface area contributed by atoms with Crippen LogP contribution >= 0.6 is 0 Å². The molecular weight excluding hydrogens is 348 g/mol. The average Bonchev–Trinajstić information content (AvgIpc) is 3.03. The summed E-state index contributed by atoms with van der Waals surface area (Å²) in [6, 6.07) is 10.2. The van der Waals surface area contributed by atoms with E-state index in [-0.39, 0.29) is 5.91 Å². The molecule has 1 fully saturated rings. The molecule has 0 atom stereocenters. The van der Waals surface area contributed by atoms with Gasteiger partial charge in [-0.15, -0.1) is 0 Å². The average molecular weight is 377 g/mol. The first-order valence-corrected chi connectivity index (χ1v) is 10.2. The Balaban J connectivity index is 1.63. The largest absolute Gasteiger partial charge is 0.311 e. The van der Waals surface area contributed by atoms with Gasteiger partial charge in [-0.3, -0.25) is 4.79 Å². The molecule has 1 aliphatic rings. The minimum Gasteiger partial charge on any atom is -0.311 e. The molecule has 5 nitrogen and oxygen atoms in total. The number of nitrogens with one attached hydrogen (secondary N) is 1. The molecule has 28 heavy (non-hydrogen) atoms. The molecule has 4 rings (SSSR count). The molecule has 1 saturated carbocycles. The molecule has 2 heterocycles. The molecule has 2 aromatic heterocycles. The summed E-state index contributed by atoms with van der Waals surface area (Å²) >= 11 is 0. The highest BCUT2D eigenvalue weighted by Crippen LogP contribution is 2.28. The van der Waals surface area contributed by atoms with Crippen LogP contribution in [0.2, 0.25) is 0 Å². The Bertz CT molecular complexity index is 1010. The van der Waals surface area contributed by atoms with Crippen molar-refractivity contribution in [3.63, 3.8) is 0 Å². The van der Waals surface area contributed by atoms with E-state index < -0.39 is 0 Å². The Morgan fingerprint density at radius 2 is 1.89 bits per heavy atom. The van der Waals surface area contributed by atoms with Gasteiger partial charge in [0, 0.05) is 17.9 Å². The van der Waals surface area contributed by atoms with Crippen LogP contribution in [0.3, 0.4) is 0 Å². The van der Waals surface area contributed by atoms with Gasteiger partial charge in [-0.25, -0.2) is 4.98 Å². The summed E-state index contributed by atoms with van der Waals surface area (Å²) in [4.78, 5) is 17.5. The van der Waals surface area contributed by atoms with Crippen molar-refractivity contribution in [3.05, 3.63) is 47.2 Å². The number of pyridine rings is 1. The summed E-state index contributed by atoms with van der Waals surface area (Å²) in [6.45, 7) is 6.09. The van der Waals surface area contributed by atoms with E-state index in [1.807, 2.05) is 19.1 Å². The lowest BCUT2D eigenvalue weighted by atomic mass is 9.87. The molecule has 0 bridgehead atoms. The first kappa shape index (κ1) is 18.7. The van der Waals surface area contributed by atoms with E-state index in [2.05, 4.69) is 42.5 Å². The number of aryl methyl sites for hydroxylation is 3. The Morgan fingerprint density at radius 1 is 1.11 bits per heavy atom. The number of carbonyl (C=O) groups excluding carboxylic acids is 1. The van der Waals surface area contributed by atoms with Gasteiger partial charge >= 0.3 is 0 Å². The molecule has 1 amide bonds. The van der Waals surface area contributed by atoms with E-state index in [4.69, 9.17) is 4.98 Å². The maximum absolute atomic E-state index is 12.6. The molecular formula is C23H28N4O. The summed E-state index contributed by atoms with van der Waals surface area (Å²) in [7, 11) is 0. The number of carbonyl (C=O) groups is 1. The molecule has 0 aliphatic heterocycles. The highest BCUT2D eigenvalue weighted by Gasteiger charge is 2.19. The van der Waals surface area contributed by atoms with Crippen LogP contribution in [0.4, 0.5) is 5.82 Å². The Hall–Kier alpha value is -2.69. The molecule has 146 valence electrons. The third-order valence-electron chi connectivity index (χ3n) is 5.75. The molecule has 0 saturated heterocycles. The molecule has 0 spiro atoms. The number of para-hydroxylation sites is 1. The number of amides is 1. The third-order valence-corrected chi connectivity index (χ3v) is 5.75. The van der Waals surface area contributed by atoms with Crippen LogP contribution in [-0.4, -0.2) is 20.7 Å².